The predicted molar refractivity (Wildman–Crippen MR) is 134 cm³/mol. The largest absolute Gasteiger partial charge is 0.444 e. The lowest BCUT2D eigenvalue weighted by Gasteiger charge is -2.35. The molecule has 1 aromatic heterocycles. The quantitative estimate of drug-likeness (QED) is 0.453. The first-order valence-corrected chi connectivity index (χ1v) is 11.9. The lowest BCUT2D eigenvalue weighted by atomic mass is 9.86. The zero-order valence-electron chi connectivity index (χ0n) is 22.1. The van der Waals surface area contributed by atoms with Crippen molar-refractivity contribution in [3.8, 4) is 11.4 Å². The van der Waals surface area contributed by atoms with E-state index in [2.05, 4.69) is 20.0 Å². The SMILES string of the molecule is Cc1nc2ccc(F)c(OC(F)F)c2n1-c1cccc([C@]2(C)CC(=O)N(C)C(NC(=O)OC(C)(C)C)=N2)c1F. The molecule has 0 saturated heterocycles. The Kier molecular flexibility index (Phi) is 7.04. The molecule has 1 atom stereocenters. The Bertz CT molecular complexity index is 1500. The smallest absolute Gasteiger partial charge is 0.414 e. The summed E-state index contributed by atoms with van der Waals surface area (Å²) in [7, 11) is 1.41. The number of amides is 2. The zero-order chi connectivity index (χ0) is 28.9. The number of aromatic nitrogens is 2. The fourth-order valence-corrected chi connectivity index (χ4v) is 4.37. The van der Waals surface area contributed by atoms with Crippen LogP contribution < -0.4 is 10.1 Å². The maximum atomic E-state index is 16.3. The minimum atomic E-state index is -3.33. The monoisotopic (exact) mass is 549 g/mol. The molecule has 208 valence electrons. The standard InChI is InChI=1S/C26H27F4N5O4/c1-13-31-16-11-10-15(27)21(38-22(29)30)20(16)35(13)17-9-7-8-14(19(17)28)26(5)12-18(36)34(6)23(33-26)32-24(37)39-25(2,3)4/h7-11,22H,12H2,1-6H3,(H,32,33,37)/t26-/m0/s1. The average Bonchev–Trinajstić information content (AvgIpc) is 3.13. The lowest BCUT2D eigenvalue weighted by molar-refractivity contribution is -0.128. The van der Waals surface area contributed by atoms with Gasteiger partial charge in [-0.25, -0.2) is 23.6 Å². The van der Waals surface area contributed by atoms with Gasteiger partial charge >= 0.3 is 12.7 Å². The van der Waals surface area contributed by atoms with Crippen molar-refractivity contribution < 1.29 is 36.6 Å². The number of nitrogens with zero attached hydrogens (tertiary/aromatic N) is 4. The molecule has 13 heteroatoms. The van der Waals surface area contributed by atoms with Crippen molar-refractivity contribution in [2.24, 2.45) is 4.99 Å². The highest BCUT2D eigenvalue weighted by atomic mass is 19.3. The molecule has 0 radical (unpaired) electrons. The number of imidazole rings is 1. The Hall–Kier alpha value is -4.16. The van der Waals surface area contributed by atoms with Gasteiger partial charge in [-0.3, -0.25) is 19.6 Å². The first kappa shape index (κ1) is 27.9. The average molecular weight is 550 g/mol. The van der Waals surface area contributed by atoms with Crippen LogP contribution in [0.4, 0.5) is 22.4 Å². The van der Waals surface area contributed by atoms with Crippen LogP contribution in [0.3, 0.4) is 0 Å². The minimum Gasteiger partial charge on any atom is -0.444 e. The fraction of sp³-hybridized carbons (Fsp3) is 0.385. The number of carbonyl (C=O) groups excluding carboxylic acids is 2. The Morgan fingerprint density at radius 2 is 1.87 bits per heavy atom. The summed E-state index contributed by atoms with van der Waals surface area (Å²) in [6, 6.07) is 6.45. The summed E-state index contributed by atoms with van der Waals surface area (Å²) in [6.45, 7) is 4.68. The Balaban J connectivity index is 1.85. The van der Waals surface area contributed by atoms with Gasteiger partial charge in [-0.15, -0.1) is 0 Å². The number of carbonyl (C=O) groups is 2. The summed E-state index contributed by atoms with van der Waals surface area (Å²) >= 11 is 0. The maximum absolute atomic E-state index is 16.3. The van der Waals surface area contributed by atoms with Crippen molar-refractivity contribution in [2.45, 2.75) is 58.8 Å². The Morgan fingerprint density at radius 3 is 2.51 bits per heavy atom. The van der Waals surface area contributed by atoms with Gasteiger partial charge in [-0.1, -0.05) is 12.1 Å². The predicted octanol–water partition coefficient (Wildman–Crippen LogP) is 5.17. The number of alkyl carbamates (subject to hydrolysis) is 1. The van der Waals surface area contributed by atoms with Gasteiger partial charge in [-0.05, 0) is 52.8 Å². The molecule has 1 aliphatic rings. The highest BCUT2D eigenvalue weighted by Gasteiger charge is 2.40. The molecule has 0 aliphatic carbocycles. The molecule has 1 N–H and O–H groups in total. The van der Waals surface area contributed by atoms with E-state index < -0.39 is 47.1 Å². The molecular formula is C26H27F4N5O4. The van der Waals surface area contributed by atoms with Gasteiger partial charge in [-0.2, -0.15) is 8.78 Å². The molecule has 3 aromatic rings. The van der Waals surface area contributed by atoms with Crippen LogP contribution in [0.25, 0.3) is 16.7 Å². The third-order valence-corrected chi connectivity index (χ3v) is 6.05. The lowest BCUT2D eigenvalue weighted by Crippen LogP contribution is -2.52. The van der Waals surface area contributed by atoms with Gasteiger partial charge in [0.05, 0.1) is 23.2 Å². The molecule has 1 aliphatic heterocycles. The highest BCUT2D eigenvalue weighted by Crippen LogP contribution is 2.39. The van der Waals surface area contributed by atoms with E-state index >= 15 is 4.39 Å². The first-order valence-electron chi connectivity index (χ1n) is 11.9. The molecule has 2 amide bonds. The van der Waals surface area contributed by atoms with E-state index in [4.69, 9.17) is 4.74 Å². The van der Waals surface area contributed by atoms with Crippen LogP contribution in [0.15, 0.2) is 35.3 Å². The van der Waals surface area contributed by atoms with Crippen LogP contribution in [0.1, 0.15) is 45.5 Å². The van der Waals surface area contributed by atoms with Gasteiger partial charge in [0.15, 0.2) is 17.4 Å². The van der Waals surface area contributed by atoms with Crippen molar-refractivity contribution >= 4 is 29.0 Å². The summed E-state index contributed by atoms with van der Waals surface area (Å²) in [5.41, 5.74) is -2.56. The number of nitrogens with one attached hydrogen (secondary N) is 1. The first-order chi connectivity index (χ1) is 18.1. The van der Waals surface area contributed by atoms with Crippen molar-refractivity contribution in [2.75, 3.05) is 7.05 Å². The number of ether oxygens (including phenoxy) is 2. The molecule has 0 saturated carbocycles. The van der Waals surface area contributed by atoms with Gasteiger partial charge < -0.3 is 9.47 Å². The molecule has 39 heavy (non-hydrogen) atoms. The van der Waals surface area contributed by atoms with Crippen LogP contribution in [0.2, 0.25) is 0 Å². The summed E-state index contributed by atoms with van der Waals surface area (Å²) < 4.78 is 67.9. The second-order valence-corrected chi connectivity index (χ2v) is 10.2. The number of guanidine groups is 1. The number of hydrogen-bond acceptors (Lipinski definition) is 6. The number of benzene rings is 2. The number of hydrogen-bond donors (Lipinski definition) is 1. The Labute approximate surface area is 221 Å². The van der Waals surface area contributed by atoms with Crippen LogP contribution >= 0.6 is 0 Å². The van der Waals surface area contributed by atoms with Crippen LogP contribution in [-0.4, -0.2) is 51.7 Å². The molecule has 0 bridgehead atoms. The molecule has 2 aromatic carbocycles. The number of halogens is 4. The van der Waals surface area contributed by atoms with E-state index in [1.165, 1.54) is 49.7 Å². The normalized spacial score (nSPS) is 18.0. The van der Waals surface area contributed by atoms with Crippen LogP contribution in [-0.2, 0) is 15.1 Å². The van der Waals surface area contributed by atoms with E-state index in [9.17, 15) is 22.8 Å². The number of alkyl halides is 2. The Morgan fingerprint density at radius 1 is 1.18 bits per heavy atom. The molecule has 2 heterocycles. The van der Waals surface area contributed by atoms with Crippen molar-refractivity contribution in [3.63, 3.8) is 0 Å². The second kappa shape index (κ2) is 9.86. The van der Waals surface area contributed by atoms with Crippen LogP contribution in [0.5, 0.6) is 5.75 Å². The topological polar surface area (TPSA) is 98.1 Å². The summed E-state index contributed by atoms with van der Waals surface area (Å²) in [6.07, 6.45) is -1.10. The van der Waals surface area contributed by atoms with Crippen molar-refractivity contribution in [1.29, 1.82) is 0 Å². The number of aryl methyl sites for hydroxylation is 1. The van der Waals surface area contributed by atoms with E-state index in [-0.39, 0.29) is 40.5 Å². The fourth-order valence-electron chi connectivity index (χ4n) is 4.37. The second-order valence-electron chi connectivity index (χ2n) is 10.2. The van der Waals surface area contributed by atoms with Gasteiger partial charge in [0, 0.05) is 12.6 Å². The molecule has 4 rings (SSSR count). The number of aliphatic imine (C=N–C) groups is 1. The molecule has 9 nitrogen and oxygen atoms in total. The van der Waals surface area contributed by atoms with Crippen molar-refractivity contribution in [1.82, 2.24) is 19.8 Å². The van der Waals surface area contributed by atoms with Crippen LogP contribution in [0, 0.1) is 18.6 Å². The molecule has 0 unspecified atom stereocenters. The summed E-state index contributed by atoms with van der Waals surface area (Å²) in [5, 5.41) is 2.43. The highest BCUT2D eigenvalue weighted by molar-refractivity contribution is 6.05. The van der Waals surface area contributed by atoms with Gasteiger partial charge in [0.25, 0.3) is 0 Å². The third kappa shape index (κ3) is 5.38. The molecular weight excluding hydrogens is 522 g/mol. The van der Waals surface area contributed by atoms with E-state index in [0.717, 1.165) is 11.0 Å². The van der Waals surface area contributed by atoms with E-state index in [0.29, 0.717) is 0 Å². The minimum absolute atomic E-state index is 0.0288. The number of rotatable bonds is 4. The third-order valence-electron chi connectivity index (χ3n) is 6.05. The van der Waals surface area contributed by atoms with Gasteiger partial charge in [0.1, 0.15) is 16.9 Å². The van der Waals surface area contributed by atoms with Gasteiger partial charge in [0.2, 0.25) is 11.9 Å². The zero-order valence-corrected chi connectivity index (χ0v) is 22.1. The van der Waals surface area contributed by atoms with E-state index in [1.54, 1.807) is 20.8 Å². The number of fused-ring (bicyclic) bond motifs is 1. The van der Waals surface area contributed by atoms with E-state index in [1.807, 2.05) is 0 Å². The molecule has 0 spiro atoms. The van der Waals surface area contributed by atoms with Crippen molar-refractivity contribution in [3.05, 3.63) is 53.4 Å². The maximum Gasteiger partial charge on any atom is 0.414 e. The summed E-state index contributed by atoms with van der Waals surface area (Å²) in [5.74, 6) is -3.14. The molecule has 0 fully saturated rings. The summed E-state index contributed by atoms with van der Waals surface area (Å²) in [4.78, 5) is 35.1.